The maximum absolute atomic E-state index is 13.2. The molecule has 0 amide bonds. The smallest absolute Gasteiger partial charge is 0.355 e. The largest absolute Gasteiger partial charge is 0.466 e. The molecule has 0 bridgehead atoms. The molecule has 35 heavy (non-hydrogen) atoms. The number of anilines is 1. The molecule has 1 unspecified atom stereocenters. The van der Waals surface area contributed by atoms with Gasteiger partial charge in [-0.3, -0.25) is 4.90 Å². The molecule has 1 aliphatic rings. The molecule has 0 saturated heterocycles. The summed E-state index contributed by atoms with van der Waals surface area (Å²) in [7, 11) is 2.43. The van der Waals surface area contributed by atoms with Gasteiger partial charge in [-0.1, -0.05) is 30.3 Å². The van der Waals surface area contributed by atoms with Crippen molar-refractivity contribution in [1.29, 1.82) is 5.26 Å². The van der Waals surface area contributed by atoms with Gasteiger partial charge >= 0.3 is 11.9 Å². The fourth-order valence-corrected chi connectivity index (χ4v) is 4.23. The van der Waals surface area contributed by atoms with Crippen molar-refractivity contribution in [2.24, 2.45) is 5.73 Å². The molecule has 0 saturated carbocycles. The van der Waals surface area contributed by atoms with Crippen LogP contribution in [0.5, 0.6) is 0 Å². The Hall–Kier alpha value is -4.84. The lowest BCUT2D eigenvalue weighted by Gasteiger charge is -2.36. The van der Waals surface area contributed by atoms with Crippen LogP contribution in [0.2, 0.25) is 0 Å². The predicted octanol–water partition coefficient (Wildman–Crippen LogP) is 3.08. The summed E-state index contributed by atoms with van der Waals surface area (Å²) in [6.07, 6.45) is 5.13. The van der Waals surface area contributed by atoms with Crippen LogP contribution in [0.15, 0.2) is 89.9 Å². The van der Waals surface area contributed by atoms with Gasteiger partial charge in [-0.2, -0.15) is 5.26 Å². The summed E-state index contributed by atoms with van der Waals surface area (Å²) >= 11 is 0. The first-order valence-corrected chi connectivity index (χ1v) is 10.7. The number of nitriles is 1. The number of hydrogen-bond acceptors (Lipinski definition) is 8. The lowest BCUT2D eigenvalue weighted by atomic mass is 9.80. The summed E-state index contributed by atoms with van der Waals surface area (Å²) in [5.74, 6) is -2.45. The Morgan fingerprint density at radius 2 is 1.80 bits per heavy atom. The van der Waals surface area contributed by atoms with Crippen molar-refractivity contribution in [3.63, 3.8) is 0 Å². The van der Waals surface area contributed by atoms with Gasteiger partial charge in [0, 0.05) is 18.1 Å². The number of hydrogen-bond donors (Lipinski definition) is 1. The van der Waals surface area contributed by atoms with Crippen LogP contribution >= 0.6 is 0 Å². The van der Waals surface area contributed by atoms with Crippen molar-refractivity contribution in [1.82, 2.24) is 9.55 Å². The molecule has 2 heterocycles. The fraction of sp³-hybridized carbons (Fsp3) is 0.154. The topological polar surface area (TPSA) is 123 Å². The molecule has 0 fully saturated rings. The number of esters is 2. The van der Waals surface area contributed by atoms with Crippen molar-refractivity contribution >= 4 is 17.6 Å². The Bertz CT molecular complexity index is 1380. The van der Waals surface area contributed by atoms with Crippen LogP contribution in [0.25, 0.3) is 5.69 Å². The molecule has 0 aliphatic carbocycles. The molecule has 4 rings (SSSR count). The number of carbonyl (C=O) groups is 2. The highest BCUT2D eigenvalue weighted by Crippen LogP contribution is 2.43. The lowest BCUT2D eigenvalue weighted by molar-refractivity contribution is -0.139. The molecule has 9 heteroatoms. The van der Waals surface area contributed by atoms with Gasteiger partial charge in [0.1, 0.15) is 11.5 Å². The van der Waals surface area contributed by atoms with E-state index in [-0.39, 0.29) is 22.7 Å². The maximum atomic E-state index is 13.2. The zero-order valence-electron chi connectivity index (χ0n) is 19.4. The zero-order valence-corrected chi connectivity index (χ0v) is 19.4. The molecule has 3 aromatic rings. The van der Waals surface area contributed by atoms with E-state index < -0.39 is 17.9 Å². The molecule has 0 spiro atoms. The third-order valence-corrected chi connectivity index (χ3v) is 5.83. The third kappa shape index (κ3) is 4.02. The van der Waals surface area contributed by atoms with E-state index in [2.05, 4.69) is 11.1 Å². The number of aryl methyl sites for hydroxylation is 1. The molecular weight excluding hydrogens is 446 g/mol. The Labute approximate surface area is 202 Å². The Kier molecular flexibility index (Phi) is 6.38. The SMILES string of the molecule is COC(=O)C1=C(C(=O)OC)N(c2ccc(-n3ccnc3)cc2C)C(N)=C(C#N)C1c1ccccc1. The number of aromatic nitrogens is 2. The Balaban J connectivity index is 2.01. The molecule has 1 atom stereocenters. The van der Waals surface area contributed by atoms with Gasteiger partial charge in [0.25, 0.3) is 0 Å². The van der Waals surface area contributed by atoms with Crippen LogP contribution in [-0.4, -0.2) is 35.7 Å². The molecule has 0 radical (unpaired) electrons. The van der Waals surface area contributed by atoms with Gasteiger partial charge in [-0.25, -0.2) is 14.6 Å². The third-order valence-electron chi connectivity index (χ3n) is 5.83. The molecule has 1 aromatic heterocycles. The van der Waals surface area contributed by atoms with Gasteiger partial charge in [0.15, 0.2) is 0 Å². The number of nitrogens with zero attached hydrogens (tertiary/aromatic N) is 4. The van der Waals surface area contributed by atoms with Gasteiger partial charge in [0.2, 0.25) is 0 Å². The predicted molar refractivity (Wildman–Crippen MR) is 128 cm³/mol. The van der Waals surface area contributed by atoms with E-state index in [0.29, 0.717) is 11.3 Å². The van der Waals surface area contributed by atoms with Gasteiger partial charge in [-0.15, -0.1) is 0 Å². The average molecular weight is 470 g/mol. The van der Waals surface area contributed by atoms with Crippen LogP contribution in [-0.2, 0) is 19.1 Å². The monoisotopic (exact) mass is 469 g/mol. The minimum absolute atomic E-state index is 0.0212. The van der Waals surface area contributed by atoms with Crippen LogP contribution in [0.1, 0.15) is 17.0 Å². The molecule has 9 nitrogen and oxygen atoms in total. The number of imidazole rings is 1. The van der Waals surface area contributed by atoms with Crippen molar-refractivity contribution in [3.05, 3.63) is 101 Å². The van der Waals surface area contributed by atoms with E-state index in [9.17, 15) is 14.9 Å². The van der Waals surface area contributed by atoms with Crippen molar-refractivity contribution in [3.8, 4) is 11.8 Å². The summed E-state index contributed by atoms with van der Waals surface area (Å²) in [5, 5.41) is 10.1. The highest BCUT2D eigenvalue weighted by atomic mass is 16.5. The number of carbonyl (C=O) groups excluding carboxylic acids is 2. The second-order valence-corrected chi connectivity index (χ2v) is 7.78. The first kappa shape index (κ1) is 23.3. The van der Waals surface area contributed by atoms with Crippen LogP contribution in [0.4, 0.5) is 5.69 Å². The number of methoxy groups -OCH3 is 2. The summed E-state index contributed by atoms with van der Waals surface area (Å²) in [4.78, 5) is 31.7. The number of allylic oxidation sites excluding steroid dienone is 1. The highest BCUT2D eigenvalue weighted by molar-refractivity contribution is 6.06. The summed E-state index contributed by atoms with van der Waals surface area (Å²) in [5.41, 5.74) is 9.22. The molecular formula is C26H23N5O4. The standard InChI is InChI=1S/C26H23N5O4/c1-16-13-18(30-12-11-29-15-30)9-10-20(16)31-23(26(33)35-3)22(25(32)34-2)21(19(14-27)24(31)28)17-7-5-4-6-8-17/h4-13,15,21H,28H2,1-3H3. The van der Waals surface area contributed by atoms with E-state index in [1.807, 2.05) is 29.7 Å². The highest BCUT2D eigenvalue weighted by Gasteiger charge is 2.43. The normalized spacial score (nSPS) is 15.6. The number of rotatable bonds is 5. The Morgan fingerprint density at radius 1 is 1.09 bits per heavy atom. The van der Waals surface area contributed by atoms with E-state index in [4.69, 9.17) is 15.2 Å². The second-order valence-electron chi connectivity index (χ2n) is 7.78. The van der Waals surface area contributed by atoms with Crippen LogP contribution in [0, 0.1) is 18.3 Å². The molecule has 1 aliphatic heterocycles. The maximum Gasteiger partial charge on any atom is 0.355 e. The first-order valence-electron chi connectivity index (χ1n) is 10.7. The summed E-state index contributed by atoms with van der Waals surface area (Å²) in [6.45, 7) is 1.84. The first-order chi connectivity index (χ1) is 16.9. The number of nitrogens with two attached hydrogens (primary N) is 1. The fourth-order valence-electron chi connectivity index (χ4n) is 4.23. The van der Waals surface area contributed by atoms with E-state index in [1.54, 1.807) is 49.1 Å². The van der Waals surface area contributed by atoms with Gasteiger partial charge in [-0.05, 0) is 36.2 Å². The summed E-state index contributed by atoms with van der Waals surface area (Å²) < 4.78 is 12.0. The lowest BCUT2D eigenvalue weighted by Crippen LogP contribution is -2.41. The minimum Gasteiger partial charge on any atom is -0.466 e. The minimum atomic E-state index is -0.912. The van der Waals surface area contributed by atoms with Crippen LogP contribution in [0.3, 0.4) is 0 Å². The van der Waals surface area contributed by atoms with Crippen molar-refractivity contribution in [2.45, 2.75) is 12.8 Å². The Morgan fingerprint density at radius 3 is 2.37 bits per heavy atom. The van der Waals surface area contributed by atoms with E-state index in [1.165, 1.54) is 19.1 Å². The summed E-state index contributed by atoms with van der Waals surface area (Å²) in [6, 6.07) is 16.5. The molecule has 176 valence electrons. The van der Waals surface area contributed by atoms with E-state index >= 15 is 0 Å². The van der Waals surface area contributed by atoms with Crippen LogP contribution < -0.4 is 10.6 Å². The zero-order chi connectivity index (χ0) is 25.1. The second kappa shape index (κ2) is 9.57. The van der Waals surface area contributed by atoms with Crippen molar-refractivity contribution < 1.29 is 19.1 Å². The quantitative estimate of drug-likeness (QED) is 0.566. The molecule has 2 N–H and O–H groups in total. The van der Waals surface area contributed by atoms with Gasteiger partial charge in [0.05, 0.1) is 49.4 Å². The van der Waals surface area contributed by atoms with E-state index in [0.717, 1.165) is 11.3 Å². The number of ether oxygens (including phenoxy) is 2. The molecule has 2 aromatic carbocycles. The van der Waals surface area contributed by atoms with Gasteiger partial charge < -0.3 is 19.8 Å². The number of benzene rings is 2. The average Bonchev–Trinajstić information content (AvgIpc) is 3.43. The van der Waals surface area contributed by atoms with Crippen molar-refractivity contribution in [2.75, 3.05) is 19.1 Å².